The van der Waals surface area contributed by atoms with E-state index in [2.05, 4.69) is 19.2 Å². The molecule has 2 nitrogen and oxygen atoms in total. The van der Waals surface area contributed by atoms with Crippen molar-refractivity contribution in [2.24, 2.45) is 5.92 Å². The van der Waals surface area contributed by atoms with Crippen LogP contribution in [-0.4, -0.2) is 16.8 Å². The lowest BCUT2D eigenvalue weighted by molar-refractivity contribution is -0.117. The van der Waals surface area contributed by atoms with E-state index in [1.165, 1.54) is 6.08 Å². The van der Waals surface area contributed by atoms with E-state index in [-0.39, 0.29) is 17.9 Å². The lowest BCUT2D eigenvalue weighted by atomic mass is 10.1. The van der Waals surface area contributed by atoms with Gasteiger partial charge in [0.15, 0.2) is 0 Å². The van der Waals surface area contributed by atoms with Crippen LogP contribution in [0.1, 0.15) is 38.7 Å². The Hall–Kier alpha value is -0.960. The molecule has 130 valence electrons. The van der Waals surface area contributed by atoms with Crippen molar-refractivity contribution in [3.8, 4) is 0 Å². The molecule has 0 saturated heterocycles. The second kappa shape index (κ2) is 7.95. The molecule has 3 unspecified atom stereocenters. The second-order valence-corrected chi connectivity index (χ2v) is 8.13. The van der Waals surface area contributed by atoms with Gasteiger partial charge in [0.2, 0.25) is 5.91 Å². The zero-order chi connectivity index (χ0) is 17.9. The molecule has 1 saturated carbocycles. The number of carbonyl (C=O) groups is 1. The van der Waals surface area contributed by atoms with Crippen LogP contribution in [0.4, 0.5) is 0 Å². The smallest absolute Gasteiger partial charge is 0.244 e. The Morgan fingerprint density at radius 2 is 1.96 bits per heavy atom. The van der Waals surface area contributed by atoms with Crippen LogP contribution < -0.4 is 5.32 Å². The van der Waals surface area contributed by atoms with Gasteiger partial charge in [0.05, 0.1) is 14.9 Å². The molecule has 1 N–H and O–H groups in total. The molecule has 0 heterocycles. The molecule has 1 aromatic carbocycles. The van der Waals surface area contributed by atoms with E-state index in [1.54, 1.807) is 12.1 Å². The second-order valence-electron chi connectivity index (χ2n) is 6.62. The van der Waals surface area contributed by atoms with Crippen LogP contribution in [0, 0.1) is 5.92 Å². The fourth-order valence-electron chi connectivity index (χ4n) is 2.36. The molecule has 0 radical (unpaired) electrons. The molecule has 0 bridgehead atoms. The molecular weight excluding hydrogens is 365 g/mol. The largest absolute Gasteiger partial charge is 0.350 e. The standard InChI is InChI=1S/C19H22Cl3NO/c1-12(2)13(3)23-18(24)6-4-5-9-19(22)11-15(19)14-7-8-16(20)17(21)10-14/h4-10,12-13,15H,11H2,1-3H3,(H,23,24)/b6-4+,9-5+. The minimum atomic E-state index is -0.413. The predicted molar refractivity (Wildman–Crippen MR) is 103 cm³/mol. The summed E-state index contributed by atoms with van der Waals surface area (Å²) in [5.74, 6) is 0.525. The summed E-state index contributed by atoms with van der Waals surface area (Å²) >= 11 is 18.6. The summed E-state index contributed by atoms with van der Waals surface area (Å²) in [7, 11) is 0. The van der Waals surface area contributed by atoms with Crippen LogP contribution in [0.15, 0.2) is 42.5 Å². The van der Waals surface area contributed by atoms with Crippen molar-refractivity contribution in [1.29, 1.82) is 0 Å². The van der Waals surface area contributed by atoms with Gasteiger partial charge in [-0.05, 0) is 37.0 Å². The third kappa shape index (κ3) is 5.02. The first kappa shape index (κ1) is 19.4. The summed E-state index contributed by atoms with van der Waals surface area (Å²) in [6.45, 7) is 6.14. The fourth-order valence-corrected chi connectivity index (χ4v) is 3.02. The van der Waals surface area contributed by atoms with Gasteiger partial charge >= 0.3 is 0 Å². The van der Waals surface area contributed by atoms with Crippen molar-refractivity contribution >= 4 is 40.7 Å². The van der Waals surface area contributed by atoms with E-state index in [9.17, 15) is 4.79 Å². The van der Waals surface area contributed by atoms with Crippen LogP contribution in [0.5, 0.6) is 0 Å². The average Bonchev–Trinajstić information content (AvgIpc) is 3.18. The molecular formula is C19H22Cl3NO. The average molecular weight is 387 g/mol. The highest BCUT2D eigenvalue weighted by Gasteiger charge is 2.51. The molecule has 1 fully saturated rings. The Morgan fingerprint density at radius 1 is 1.25 bits per heavy atom. The van der Waals surface area contributed by atoms with E-state index in [0.29, 0.717) is 16.0 Å². The topological polar surface area (TPSA) is 29.1 Å². The van der Waals surface area contributed by atoms with Gasteiger partial charge in [0.25, 0.3) is 0 Å². The first-order chi connectivity index (χ1) is 11.2. The number of hydrogen-bond donors (Lipinski definition) is 1. The molecule has 1 aliphatic carbocycles. The third-order valence-corrected chi connectivity index (χ3v) is 5.67. The first-order valence-electron chi connectivity index (χ1n) is 8.03. The van der Waals surface area contributed by atoms with E-state index in [1.807, 2.05) is 31.2 Å². The number of allylic oxidation sites excluding steroid dienone is 3. The summed E-state index contributed by atoms with van der Waals surface area (Å²) in [5.41, 5.74) is 1.08. The Morgan fingerprint density at radius 3 is 2.58 bits per heavy atom. The highest BCUT2D eigenvalue weighted by atomic mass is 35.5. The van der Waals surface area contributed by atoms with Gasteiger partial charge in [-0.2, -0.15) is 0 Å². The molecule has 0 spiro atoms. The summed E-state index contributed by atoms with van der Waals surface area (Å²) in [5, 5.41) is 4.00. The minimum Gasteiger partial charge on any atom is -0.350 e. The molecule has 24 heavy (non-hydrogen) atoms. The normalized spacial score (nSPS) is 24.7. The fraction of sp³-hybridized carbons (Fsp3) is 0.421. The monoisotopic (exact) mass is 385 g/mol. The number of hydrogen-bond acceptors (Lipinski definition) is 1. The summed E-state index contributed by atoms with van der Waals surface area (Å²) < 4.78 is 0. The summed E-state index contributed by atoms with van der Waals surface area (Å²) in [6.07, 6.45) is 7.83. The third-order valence-electron chi connectivity index (χ3n) is 4.38. The van der Waals surface area contributed by atoms with Gasteiger partial charge < -0.3 is 5.32 Å². The van der Waals surface area contributed by atoms with Crippen LogP contribution >= 0.6 is 34.8 Å². The van der Waals surface area contributed by atoms with Crippen LogP contribution in [0.2, 0.25) is 10.0 Å². The Bertz CT molecular complexity index is 669. The number of amides is 1. The number of alkyl halides is 1. The maximum atomic E-state index is 11.8. The maximum Gasteiger partial charge on any atom is 0.244 e. The van der Waals surface area contributed by atoms with Gasteiger partial charge in [0.1, 0.15) is 0 Å². The highest BCUT2D eigenvalue weighted by molar-refractivity contribution is 6.42. The predicted octanol–water partition coefficient (Wildman–Crippen LogP) is 5.73. The molecule has 0 aromatic heterocycles. The first-order valence-corrected chi connectivity index (χ1v) is 9.16. The molecule has 3 atom stereocenters. The molecule has 5 heteroatoms. The lowest BCUT2D eigenvalue weighted by Gasteiger charge is -2.15. The summed E-state index contributed by atoms with van der Waals surface area (Å²) in [6, 6.07) is 5.75. The molecule has 1 aliphatic rings. The Balaban J connectivity index is 1.89. The van der Waals surface area contributed by atoms with E-state index < -0.39 is 4.87 Å². The lowest BCUT2D eigenvalue weighted by Crippen LogP contribution is -2.34. The van der Waals surface area contributed by atoms with Crippen molar-refractivity contribution < 1.29 is 4.79 Å². The van der Waals surface area contributed by atoms with E-state index in [0.717, 1.165) is 12.0 Å². The highest BCUT2D eigenvalue weighted by Crippen LogP contribution is 2.57. The van der Waals surface area contributed by atoms with Crippen LogP contribution in [0.25, 0.3) is 0 Å². The van der Waals surface area contributed by atoms with Crippen molar-refractivity contribution in [2.45, 2.75) is 44.0 Å². The van der Waals surface area contributed by atoms with Gasteiger partial charge in [-0.1, -0.05) is 61.3 Å². The Labute approximate surface area is 158 Å². The number of rotatable bonds is 6. The Kier molecular flexibility index (Phi) is 6.41. The SMILES string of the molecule is CC(C)C(C)NC(=O)/C=C/C=C/C1(Cl)CC1c1ccc(Cl)c(Cl)c1. The van der Waals surface area contributed by atoms with Gasteiger partial charge in [-0.3, -0.25) is 4.79 Å². The molecule has 2 rings (SSSR count). The number of halogens is 3. The van der Waals surface area contributed by atoms with Crippen LogP contribution in [-0.2, 0) is 4.79 Å². The number of benzene rings is 1. The minimum absolute atomic E-state index is 0.0960. The van der Waals surface area contributed by atoms with Gasteiger partial charge in [-0.25, -0.2) is 0 Å². The van der Waals surface area contributed by atoms with Gasteiger partial charge in [0, 0.05) is 18.0 Å². The van der Waals surface area contributed by atoms with E-state index >= 15 is 0 Å². The zero-order valence-electron chi connectivity index (χ0n) is 14.0. The zero-order valence-corrected chi connectivity index (χ0v) is 16.3. The maximum absolute atomic E-state index is 11.8. The quantitative estimate of drug-likeness (QED) is 0.377. The molecule has 1 aromatic rings. The van der Waals surface area contributed by atoms with Crippen molar-refractivity contribution in [1.82, 2.24) is 5.32 Å². The van der Waals surface area contributed by atoms with Crippen molar-refractivity contribution in [3.05, 3.63) is 58.1 Å². The number of carbonyl (C=O) groups excluding carboxylic acids is 1. The summed E-state index contributed by atoms with van der Waals surface area (Å²) in [4.78, 5) is 11.3. The van der Waals surface area contributed by atoms with Crippen molar-refractivity contribution in [3.63, 3.8) is 0 Å². The molecule has 1 amide bonds. The number of nitrogens with one attached hydrogen (secondary N) is 1. The molecule has 0 aliphatic heterocycles. The van der Waals surface area contributed by atoms with Crippen LogP contribution in [0.3, 0.4) is 0 Å². The van der Waals surface area contributed by atoms with E-state index in [4.69, 9.17) is 34.8 Å². The van der Waals surface area contributed by atoms with Crippen molar-refractivity contribution in [2.75, 3.05) is 0 Å². The van der Waals surface area contributed by atoms with Gasteiger partial charge in [-0.15, -0.1) is 11.6 Å².